The quantitative estimate of drug-likeness (QED) is 0.856. The maximum Gasteiger partial charge on any atom is 0.319 e. The van der Waals surface area contributed by atoms with Crippen molar-refractivity contribution in [2.45, 2.75) is 39.7 Å². The molecule has 0 aromatic carbocycles. The number of hydrogen-bond acceptors (Lipinski definition) is 3. The molecule has 5 nitrogen and oxygen atoms in total. The van der Waals surface area contributed by atoms with Crippen molar-refractivity contribution in [2.75, 3.05) is 26.2 Å². The predicted octanol–water partition coefficient (Wildman–Crippen LogP) is 3.75. The summed E-state index contributed by atoms with van der Waals surface area (Å²) in [7, 11) is 0. The lowest BCUT2D eigenvalue weighted by molar-refractivity contribution is -0.126. The van der Waals surface area contributed by atoms with Gasteiger partial charge in [-0.3, -0.25) is 4.79 Å². The Labute approximate surface area is 153 Å². The number of carbonyl (C=O) groups is 2. The van der Waals surface area contributed by atoms with Crippen LogP contribution in [0.4, 0.5) is 4.79 Å². The minimum absolute atomic E-state index is 0.0244. The van der Waals surface area contributed by atoms with Gasteiger partial charge in [-0.25, -0.2) is 4.79 Å². The first-order valence-corrected chi connectivity index (χ1v) is 9.75. The molecule has 1 aliphatic heterocycles. The van der Waals surface area contributed by atoms with Gasteiger partial charge in [0.15, 0.2) is 0 Å². The van der Waals surface area contributed by atoms with Crippen molar-refractivity contribution in [3.8, 4) is 0 Å². The summed E-state index contributed by atoms with van der Waals surface area (Å²) in [5, 5.41) is 3.07. The van der Waals surface area contributed by atoms with Crippen LogP contribution in [0.2, 0.25) is 4.34 Å². The van der Waals surface area contributed by atoms with Gasteiger partial charge >= 0.3 is 6.03 Å². The van der Waals surface area contributed by atoms with E-state index < -0.39 is 0 Å². The second-order valence-electron chi connectivity index (χ2n) is 6.09. The summed E-state index contributed by atoms with van der Waals surface area (Å²) in [6.45, 7) is 8.67. The van der Waals surface area contributed by atoms with Crippen molar-refractivity contribution >= 4 is 34.9 Å². The van der Waals surface area contributed by atoms with Crippen molar-refractivity contribution in [3.63, 3.8) is 0 Å². The van der Waals surface area contributed by atoms with Crippen LogP contribution in [0.5, 0.6) is 0 Å². The van der Waals surface area contributed by atoms with Crippen LogP contribution in [0.1, 0.15) is 44.5 Å². The number of carbonyl (C=O) groups excluding carboxylic acids is 2. The lowest BCUT2D eigenvalue weighted by atomic mass is 9.95. The zero-order valence-corrected chi connectivity index (χ0v) is 16.1. The van der Waals surface area contributed by atoms with Gasteiger partial charge in [-0.2, -0.15) is 0 Å². The summed E-state index contributed by atoms with van der Waals surface area (Å²) in [4.78, 5) is 29.5. The van der Waals surface area contributed by atoms with E-state index >= 15 is 0 Å². The Morgan fingerprint density at radius 3 is 2.46 bits per heavy atom. The van der Waals surface area contributed by atoms with Crippen LogP contribution in [0.25, 0.3) is 0 Å². The SMILES string of the molecule is CCN(CC)C(=O)N1CCC(C(=O)NC(C)c2ccc(Cl)s2)CC1. The number of likely N-dealkylation sites (tertiary alicyclic amines) is 1. The molecule has 1 aromatic rings. The van der Waals surface area contributed by atoms with Crippen LogP contribution in [-0.4, -0.2) is 47.9 Å². The van der Waals surface area contributed by atoms with Crippen molar-refractivity contribution in [1.29, 1.82) is 0 Å². The molecule has 2 heterocycles. The van der Waals surface area contributed by atoms with Crippen LogP contribution >= 0.6 is 22.9 Å². The third-order valence-corrected chi connectivity index (χ3v) is 5.96. The van der Waals surface area contributed by atoms with Crippen molar-refractivity contribution in [3.05, 3.63) is 21.3 Å². The molecule has 1 N–H and O–H groups in total. The van der Waals surface area contributed by atoms with E-state index in [-0.39, 0.29) is 23.9 Å². The molecule has 1 fully saturated rings. The predicted molar refractivity (Wildman–Crippen MR) is 98.5 cm³/mol. The van der Waals surface area contributed by atoms with Gasteiger partial charge in [0.25, 0.3) is 0 Å². The molecule has 0 aliphatic carbocycles. The molecule has 7 heteroatoms. The fraction of sp³-hybridized carbons (Fsp3) is 0.647. The fourth-order valence-electron chi connectivity index (χ4n) is 2.99. The zero-order valence-electron chi connectivity index (χ0n) is 14.5. The van der Waals surface area contributed by atoms with Gasteiger partial charge in [0.2, 0.25) is 5.91 Å². The highest BCUT2D eigenvalue weighted by molar-refractivity contribution is 7.16. The van der Waals surface area contributed by atoms with Gasteiger partial charge in [-0.1, -0.05) is 11.6 Å². The second kappa shape index (κ2) is 8.72. The summed E-state index contributed by atoms with van der Waals surface area (Å²) >= 11 is 7.44. The molecule has 1 unspecified atom stereocenters. The molecular formula is C17H26ClN3O2S. The Balaban J connectivity index is 1.83. The average molecular weight is 372 g/mol. The van der Waals surface area contributed by atoms with Crippen LogP contribution in [0.3, 0.4) is 0 Å². The summed E-state index contributed by atoms with van der Waals surface area (Å²) in [6.07, 6.45) is 1.44. The van der Waals surface area contributed by atoms with E-state index in [9.17, 15) is 9.59 Å². The molecule has 0 bridgehead atoms. The van der Waals surface area contributed by atoms with E-state index in [1.165, 1.54) is 11.3 Å². The number of amides is 3. The molecule has 134 valence electrons. The van der Waals surface area contributed by atoms with Gasteiger partial charge in [0.1, 0.15) is 0 Å². The smallest absolute Gasteiger partial charge is 0.319 e. The number of nitrogens with zero attached hydrogens (tertiary/aromatic N) is 2. The largest absolute Gasteiger partial charge is 0.349 e. The highest BCUT2D eigenvalue weighted by atomic mass is 35.5. The van der Waals surface area contributed by atoms with Crippen LogP contribution in [0.15, 0.2) is 12.1 Å². The molecule has 1 aliphatic rings. The minimum Gasteiger partial charge on any atom is -0.349 e. The first-order chi connectivity index (χ1) is 11.5. The summed E-state index contributed by atoms with van der Waals surface area (Å²) in [5.74, 6) is 0.0468. The molecule has 1 aromatic heterocycles. The van der Waals surface area contributed by atoms with Gasteiger partial charge in [0.05, 0.1) is 10.4 Å². The van der Waals surface area contributed by atoms with E-state index in [4.69, 9.17) is 11.6 Å². The molecule has 3 amide bonds. The molecule has 1 saturated heterocycles. The number of halogens is 1. The Hall–Kier alpha value is -1.27. The Bertz CT molecular complexity index is 566. The van der Waals surface area contributed by atoms with Crippen LogP contribution in [0, 0.1) is 5.92 Å². The lowest BCUT2D eigenvalue weighted by Crippen LogP contribution is -2.48. The Morgan fingerprint density at radius 1 is 1.33 bits per heavy atom. The molecule has 0 saturated carbocycles. The number of nitrogens with one attached hydrogen (secondary N) is 1. The standard InChI is InChI=1S/C17H26ClN3O2S/c1-4-20(5-2)17(23)21-10-8-13(9-11-21)16(22)19-12(3)14-6-7-15(18)24-14/h6-7,12-13H,4-5,8-11H2,1-3H3,(H,19,22). The molecule has 1 atom stereocenters. The number of rotatable bonds is 5. The highest BCUT2D eigenvalue weighted by Crippen LogP contribution is 2.27. The van der Waals surface area contributed by atoms with E-state index in [1.807, 2.05) is 42.7 Å². The molecule has 0 spiro atoms. The Kier molecular flexibility index (Phi) is 6.92. The van der Waals surface area contributed by atoms with E-state index in [1.54, 1.807) is 0 Å². The first kappa shape index (κ1) is 19.1. The van der Waals surface area contributed by atoms with Crippen molar-refractivity contribution < 1.29 is 9.59 Å². The number of urea groups is 1. The molecule has 0 radical (unpaired) electrons. The third-order valence-electron chi connectivity index (χ3n) is 4.55. The van der Waals surface area contributed by atoms with Crippen molar-refractivity contribution in [1.82, 2.24) is 15.1 Å². The summed E-state index contributed by atoms with van der Waals surface area (Å²) in [5.41, 5.74) is 0. The average Bonchev–Trinajstić information content (AvgIpc) is 3.02. The normalized spacial score (nSPS) is 16.8. The fourth-order valence-corrected chi connectivity index (χ4v) is 4.05. The number of hydrogen-bond donors (Lipinski definition) is 1. The molecule has 2 rings (SSSR count). The van der Waals surface area contributed by atoms with Crippen LogP contribution in [-0.2, 0) is 4.79 Å². The van der Waals surface area contributed by atoms with Gasteiger partial charge in [-0.15, -0.1) is 11.3 Å². The maximum absolute atomic E-state index is 12.5. The monoisotopic (exact) mass is 371 g/mol. The van der Waals surface area contributed by atoms with Crippen LogP contribution < -0.4 is 5.32 Å². The summed E-state index contributed by atoms with van der Waals surface area (Å²) < 4.78 is 0.731. The maximum atomic E-state index is 12.5. The van der Waals surface area contributed by atoms with E-state index in [0.717, 1.165) is 35.1 Å². The van der Waals surface area contributed by atoms with Gasteiger partial charge in [0, 0.05) is 37.0 Å². The first-order valence-electron chi connectivity index (χ1n) is 8.55. The van der Waals surface area contributed by atoms with Gasteiger partial charge < -0.3 is 15.1 Å². The number of thiophene rings is 1. The van der Waals surface area contributed by atoms with Gasteiger partial charge in [-0.05, 0) is 45.7 Å². The van der Waals surface area contributed by atoms with Crippen molar-refractivity contribution in [2.24, 2.45) is 5.92 Å². The summed E-state index contributed by atoms with van der Waals surface area (Å²) in [6, 6.07) is 3.84. The zero-order chi connectivity index (χ0) is 17.7. The topological polar surface area (TPSA) is 52.7 Å². The number of piperidine rings is 1. The van der Waals surface area contributed by atoms with E-state index in [2.05, 4.69) is 5.32 Å². The second-order valence-corrected chi connectivity index (χ2v) is 7.84. The highest BCUT2D eigenvalue weighted by Gasteiger charge is 2.29. The minimum atomic E-state index is -0.0367. The molecule has 24 heavy (non-hydrogen) atoms. The Morgan fingerprint density at radius 2 is 1.96 bits per heavy atom. The van der Waals surface area contributed by atoms with E-state index in [0.29, 0.717) is 13.1 Å². The lowest BCUT2D eigenvalue weighted by Gasteiger charge is -2.35. The molecular weight excluding hydrogens is 346 g/mol. The third kappa shape index (κ3) is 4.63.